The number of para-hydroxylation sites is 1. The molecule has 0 N–H and O–H groups in total. The SMILES string of the molecule is Cc1nn(-c2ccccc2)c(Cl)c1C=CC(=O)OCc1cc(F)cc2c1OCOC2. The minimum absolute atomic E-state index is 0.0721. The standard InChI is InChI=1S/C22H18ClFN2O4/c1-14-19(22(23)26(25-14)18-5-3-2-4-6-18)7-8-20(27)29-12-16-10-17(24)9-15-11-28-13-30-21(15)16/h2-10H,11-13H2,1H3. The van der Waals surface area contributed by atoms with Crippen LogP contribution < -0.4 is 4.74 Å². The van der Waals surface area contributed by atoms with Gasteiger partial charge in [-0.05, 0) is 37.3 Å². The lowest BCUT2D eigenvalue weighted by molar-refractivity contribution is -0.139. The van der Waals surface area contributed by atoms with Crippen molar-refractivity contribution in [2.75, 3.05) is 6.79 Å². The summed E-state index contributed by atoms with van der Waals surface area (Å²) < 4.78 is 31.2. The Morgan fingerprint density at radius 2 is 2.13 bits per heavy atom. The number of hydrogen-bond acceptors (Lipinski definition) is 5. The van der Waals surface area contributed by atoms with Gasteiger partial charge >= 0.3 is 5.97 Å². The van der Waals surface area contributed by atoms with E-state index in [1.807, 2.05) is 30.3 Å². The number of halogens is 2. The predicted octanol–water partition coefficient (Wildman–Crippen LogP) is 4.60. The van der Waals surface area contributed by atoms with Crippen molar-refractivity contribution >= 4 is 23.6 Å². The number of carbonyl (C=O) groups is 1. The normalized spacial score (nSPS) is 13.2. The summed E-state index contributed by atoms with van der Waals surface area (Å²) in [6.45, 7) is 1.99. The molecule has 2 heterocycles. The Hall–Kier alpha value is -3.16. The van der Waals surface area contributed by atoms with Crippen LogP contribution in [0.3, 0.4) is 0 Å². The van der Waals surface area contributed by atoms with Crippen LogP contribution in [0.15, 0.2) is 48.5 Å². The molecule has 4 rings (SSSR count). The van der Waals surface area contributed by atoms with Gasteiger partial charge < -0.3 is 14.2 Å². The van der Waals surface area contributed by atoms with Gasteiger partial charge in [-0.1, -0.05) is 29.8 Å². The molecule has 3 aromatic rings. The number of carbonyl (C=O) groups excluding carboxylic acids is 1. The quantitative estimate of drug-likeness (QED) is 0.439. The molecule has 30 heavy (non-hydrogen) atoms. The summed E-state index contributed by atoms with van der Waals surface area (Å²) >= 11 is 6.44. The Morgan fingerprint density at radius 3 is 2.93 bits per heavy atom. The van der Waals surface area contributed by atoms with Crippen LogP contribution in [0, 0.1) is 12.7 Å². The van der Waals surface area contributed by atoms with Gasteiger partial charge in [-0.25, -0.2) is 13.9 Å². The topological polar surface area (TPSA) is 62.6 Å². The summed E-state index contributed by atoms with van der Waals surface area (Å²) in [4.78, 5) is 12.2. The Kier molecular flexibility index (Phi) is 5.83. The van der Waals surface area contributed by atoms with Crippen molar-refractivity contribution in [3.05, 3.63) is 81.9 Å². The molecular weight excluding hydrogens is 411 g/mol. The number of aryl methyl sites for hydroxylation is 1. The number of benzene rings is 2. The first-order chi connectivity index (χ1) is 14.5. The summed E-state index contributed by atoms with van der Waals surface area (Å²) in [6.07, 6.45) is 2.82. The maximum Gasteiger partial charge on any atom is 0.331 e. The van der Waals surface area contributed by atoms with Gasteiger partial charge in [-0.15, -0.1) is 0 Å². The zero-order valence-electron chi connectivity index (χ0n) is 16.1. The Labute approximate surface area is 177 Å². The number of hydrogen-bond donors (Lipinski definition) is 0. The third kappa shape index (κ3) is 4.22. The van der Waals surface area contributed by atoms with Crippen molar-refractivity contribution < 1.29 is 23.4 Å². The average Bonchev–Trinajstić information content (AvgIpc) is 3.04. The number of fused-ring (bicyclic) bond motifs is 1. The highest BCUT2D eigenvalue weighted by molar-refractivity contribution is 6.31. The van der Waals surface area contributed by atoms with Gasteiger partial charge in [0, 0.05) is 22.8 Å². The molecule has 1 aliphatic heterocycles. The maximum absolute atomic E-state index is 13.8. The van der Waals surface area contributed by atoms with Crippen LogP contribution in [0.1, 0.15) is 22.4 Å². The van der Waals surface area contributed by atoms with Gasteiger partial charge in [0.2, 0.25) is 0 Å². The van der Waals surface area contributed by atoms with E-state index in [1.165, 1.54) is 18.2 Å². The second-order valence-corrected chi connectivity index (χ2v) is 7.00. The Balaban J connectivity index is 1.47. The van der Waals surface area contributed by atoms with Gasteiger partial charge in [0.05, 0.1) is 18.0 Å². The van der Waals surface area contributed by atoms with Crippen molar-refractivity contribution in [3.63, 3.8) is 0 Å². The number of aromatic nitrogens is 2. The molecule has 1 aromatic heterocycles. The molecule has 0 atom stereocenters. The summed E-state index contributed by atoms with van der Waals surface area (Å²) in [5.74, 6) is -0.550. The summed E-state index contributed by atoms with van der Waals surface area (Å²) in [7, 11) is 0. The first kappa shape index (κ1) is 20.1. The van der Waals surface area contributed by atoms with Crippen molar-refractivity contribution in [1.29, 1.82) is 0 Å². The van der Waals surface area contributed by atoms with E-state index >= 15 is 0 Å². The van der Waals surface area contributed by atoms with E-state index in [0.29, 0.717) is 33.3 Å². The maximum atomic E-state index is 13.8. The van der Waals surface area contributed by atoms with E-state index in [4.69, 9.17) is 25.8 Å². The molecule has 0 amide bonds. The van der Waals surface area contributed by atoms with E-state index < -0.39 is 11.8 Å². The van der Waals surface area contributed by atoms with Crippen LogP contribution in [-0.2, 0) is 27.5 Å². The van der Waals surface area contributed by atoms with Gasteiger partial charge in [-0.2, -0.15) is 5.10 Å². The lowest BCUT2D eigenvalue weighted by Gasteiger charge is -2.20. The van der Waals surface area contributed by atoms with Gasteiger partial charge in [0.15, 0.2) is 6.79 Å². The Morgan fingerprint density at radius 1 is 1.33 bits per heavy atom. The summed E-state index contributed by atoms with van der Waals surface area (Å²) in [5, 5.41) is 4.81. The number of nitrogens with zero attached hydrogens (tertiary/aromatic N) is 2. The summed E-state index contributed by atoms with van der Waals surface area (Å²) in [5.41, 5.74) is 3.12. The van der Waals surface area contributed by atoms with Crippen LogP contribution in [-0.4, -0.2) is 22.5 Å². The zero-order valence-corrected chi connectivity index (χ0v) is 16.9. The van der Waals surface area contributed by atoms with E-state index in [0.717, 1.165) is 5.69 Å². The van der Waals surface area contributed by atoms with Crippen molar-refractivity contribution in [2.24, 2.45) is 0 Å². The highest BCUT2D eigenvalue weighted by Gasteiger charge is 2.18. The molecule has 2 aromatic carbocycles. The molecule has 6 nitrogen and oxygen atoms in total. The molecule has 0 fully saturated rings. The molecule has 1 aliphatic rings. The van der Waals surface area contributed by atoms with E-state index in [2.05, 4.69) is 5.10 Å². The van der Waals surface area contributed by atoms with E-state index in [1.54, 1.807) is 17.7 Å². The lowest BCUT2D eigenvalue weighted by Crippen LogP contribution is -2.14. The second kappa shape index (κ2) is 8.69. The van der Waals surface area contributed by atoms with Crippen LogP contribution in [0.2, 0.25) is 5.15 Å². The van der Waals surface area contributed by atoms with Crippen LogP contribution in [0.4, 0.5) is 4.39 Å². The van der Waals surface area contributed by atoms with Gasteiger partial charge in [0.1, 0.15) is 23.3 Å². The fourth-order valence-corrected chi connectivity index (χ4v) is 3.49. The van der Waals surface area contributed by atoms with E-state index in [-0.39, 0.29) is 20.0 Å². The molecule has 8 heteroatoms. The minimum Gasteiger partial charge on any atom is -0.467 e. The molecule has 0 bridgehead atoms. The Bertz CT molecular complexity index is 1110. The van der Waals surface area contributed by atoms with Crippen molar-refractivity contribution in [2.45, 2.75) is 20.1 Å². The summed E-state index contributed by atoms with van der Waals surface area (Å²) in [6, 6.07) is 12.1. The van der Waals surface area contributed by atoms with Crippen LogP contribution in [0.25, 0.3) is 11.8 Å². The smallest absolute Gasteiger partial charge is 0.331 e. The highest BCUT2D eigenvalue weighted by Crippen LogP contribution is 2.30. The van der Waals surface area contributed by atoms with Crippen molar-refractivity contribution in [1.82, 2.24) is 9.78 Å². The molecule has 0 spiro atoms. The average molecular weight is 429 g/mol. The number of ether oxygens (including phenoxy) is 3. The van der Waals surface area contributed by atoms with E-state index in [9.17, 15) is 9.18 Å². The fraction of sp³-hybridized carbons (Fsp3) is 0.182. The number of esters is 1. The first-order valence-electron chi connectivity index (χ1n) is 9.20. The zero-order chi connectivity index (χ0) is 21.1. The third-order valence-electron chi connectivity index (χ3n) is 4.56. The largest absolute Gasteiger partial charge is 0.467 e. The minimum atomic E-state index is -0.594. The predicted molar refractivity (Wildman–Crippen MR) is 109 cm³/mol. The molecule has 0 aliphatic carbocycles. The lowest BCUT2D eigenvalue weighted by atomic mass is 10.1. The molecule has 0 unspecified atom stereocenters. The molecular formula is C22H18ClFN2O4. The third-order valence-corrected chi connectivity index (χ3v) is 4.92. The van der Waals surface area contributed by atoms with Gasteiger partial charge in [0.25, 0.3) is 0 Å². The second-order valence-electron chi connectivity index (χ2n) is 6.64. The molecule has 0 saturated carbocycles. The monoisotopic (exact) mass is 428 g/mol. The van der Waals surface area contributed by atoms with Crippen molar-refractivity contribution in [3.8, 4) is 11.4 Å². The fourth-order valence-electron chi connectivity index (χ4n) is 3.15. The van der Waals surface area contributed by atoms with Crippen LogP contribution >= 0.6 is 11.6 Å². The highest BCUT2D eigenvalue weighted by atomic mass is 35.5. The molecule has 0 radical (unpaired) electrons. The van der Waals surface area contributed by atoms with Crippen LogP contribution in [0.5, 0.6) is 5.75 Å². The molecule has 154 valence electrons. The first-order valence-corrected chi connectivity index (χ1v) is 9.58. The molecule has 0 saturated heterocycles. The number of rotatable bonds is 5. The van der Waals surface area contributed by atoms with Gasteiger partial charge in [-0.3, -0.25) is 0 Å².